The van der Waals surface area contributed by atoms with Crippen molar-refractivity contribution >= 4 is 23.2 Å². The molecular weight excluding hydrogens is 319 g/mol. The highest BCUT2D eigenvalue weighted by atomic mass is 35.5. The van der Waals surface area contributed by atoms with Gasteiger partial charge in [0.2, 0.25) is 0 Å². The maximum atomic E-state index is 6.02. The van der Waals surface area contributed by atoms with Gasteiger partial charge in [-0.15, -0.1) is 0 Å². The zero-order valence-electron chi connectivity index (χ0n) is 11.8. The second kappa shape index (κ2) is 6.97. The van der Waals surface area contributed by atoms with E-state index in [1.807, 2.05) is 36.5 Å². The van der Waals surface area contributed by atoms with Crippen molar-refractivity contribution in [1.82, 2.24) is 4.98 Å². The quantitative estimate of drug-likeness (QED) is 0.769. The van der Waals surface area contributed by atoms with E-state index in [9.17, 15) is 0 Å². The van der Waals surface area contributed by atoms with E-state index < -0.39 is 0 Å². The number of aromatic nitrogens is 1. The predicted molar refractivity (Wildman–Crippen MR) is 87.7 cm³/mol. The van der Waals surface area contributed by atoms with Crippen LogP contribution in [-0.4, -0.2) is 4.98 Å². The lowest BCUT2D eigenvalue weighted by Crippen LogP contribution is -2.80. The van der Waals surface area contributed by atoms with Crippen LogP contribution in [0.25, 0.3) is 11.3 Å². The molecule has 0 radical (unpaired) electrons. The minimum atomic E-state index is 0.601. The van der Waals surface area contributed by atoms with Crippen molar-refractivity contribution in [3.63, 3.8) is 0 Å². The molecule has 0 spiro atoms. The van der Waals surface area contributed by atoms with Crippen LogP contribution >= 0.6 is 23.2 Å². The van der Waals surface area contributed by atoms with Crippen LogP contribution in [0.2, 0.25) is 10.0 Å². The van der Waals surface area contributed by atoms with Crippen molar-refractivity contribution < 1.29 is 9.73 Å². The summed E-state index contributed by atoms with van der Waals surface area (Å²) in [4.78, 5) is 4.10. The van der Waals surface area contributed by atoms with Crippen LogP contribution in [0.3, 0.4) is 0 Å². The molecule has 0 bridgehead atoms. The molecule has 0 aliphatic rings. The maximum Gasteiger partial charge on any atom is 0.158 e. The largest absolute Gasteiger partial charge is 0.455 e. The zero-order chi connectivity index (χ0) is 15.4. The molecule has 0 saturated heterocycles. The first-order chi connectivity index (χ1) is 10.7. The molecule has 0 fully saturated rings. The molecule has 22 heavy (non-hydrogen) atoms. The fourth-order valence-electron chi connectivity index (χ4n) is 2.24. The Labute approximate surface area is 138 Å². The number of nitrogens with two attached hydrogens (primary N) is 1. The molecule has 0 atom stereocenters. The molecular formula is C17H15Cl2N2O+. The smallest absolute Gasteiger partial charge is 0.158 e. The average molecular weight is 334 g/mol. The van der Waals surface area contributed by atoms with Crippen LogP contribution in [0, 0.1) is 0 Å². The minimum absolute atomic E-state index is 0.601. The van der Waals surface area contributed by atoms with Crippen molar-refractivity contribution in [3.05, 3.63) is 76.2 Å². The second-order valence-electron chi connectivity index (χ2n) is 4.98. The van der Waals surface area contributed by atoms with Gasteiger partial charge in [-0.1, -0.05) is 29.3 Å². The molecule has 3 nitrogen and oxygen atoms in total. The summed E-state index contributed by atoms with van der Waals surface area (Å²) in [5.41, 5.74) is 2.08. The summed E-state index contributed by atoms with van der Waals surface area (Å²) < 4.78 is 5.85. The van der Waals surface area contributed by atoms with E-state index >= 15 is 0 Å². The molecule has 0 aliphatic carbocycles. The highest BCUT2D eigenvalue weighted by molar-refractivity contribution is 6.35. The zero-order valence-corrected chi connectivity index (χ0v) is 13.3. The summed E-state index contributed by atoms with van der Waals surface area (Å²) in [6, 6.07) is 13.3. The van der Waals surface area contributed by atoms with Gasteiger partial charge in [-0.2, -0.15) is 0 Å². The van der Waals surface area contributed by atoms with E-state index in [2.05, 4.69) is 16.4 Å². The number of rotatable bonds is 5. The third-order valence-electron chi connectivity index (χ3n) is 3.26. The van der Waals surface area contributed by atoms with E-state index in [-0.39, 0.29) is 0 Å². The normalized spacial score (nSPS) is 10.8. The minimum Gasteiger partial charge on any atom is -0.455 e. The third-order valence-corrected chi connectivity index (χ3v) is 3.69. The Balaban J connectivity index is 1.64. The van der Waals surface area contributed by atoms with Crippen molar-refractivity contribution in [1.29, 1.82) is 0 Å². The lowest BCUT2D eigenvalue weighted by molar-refractivity contribution is -0.688. The molecule has 2 N–H and O–H groups in total. The Morgan fingerprint density at radius 2 is 1.82 bits per heavy atom. The fraction of sp³-hybridized carbons (Fsp3) is 0.118. The summed E-state index contributed by atoms with van der Waals surface area (Å²) >= 11 is 12.0. The third kappa shape index (κ3) is 3.89. The maximum absolute atomic E-state index is 6.02. The number of nitrogens with zero attached hydrogens (tertiary/aromatic N) is 1. The lowest BCUT2D eigenvalue weighted by Gasteiger charge is -2.01. The van der Waals surface area contributed by atoms with Crippen molar-refractivity contribution in [3.8, 4) is 11.3 Å². The molecule has 112 valence electrons. The Hall–Kier alpha value is -1.81. The van der Waals surface area contributed by atoms with Crippen molar-refractivity contribution in [2.75, 3.05) is 0 Å². The average Bonchev–Trinajstić information content (AvgIpc) is 2.96. The topological polar surface area (TPSA) is 42.6 Å². The van der Waals surface area contributed by atoms with Gasteiger partial charge in [0, 0.05) is 33.6 Å². The number of hydrogen-bond donors (Lipinski definition) is 1. The summed E-state index contributed by atoms with van der Waals surface area (Å²) in [5.74, 6) is 1.68. The first-order valence-electron chi connectivity index (χ1n) is 6.96. The molecule has 0 saturated carbocycles. The van der Waals surface area contributed by atoms with Crippen molar-refractivity contribution in [2.24, 2.45) is 0 Å². The fourth-order valence-corrected chi connectivity index (χ4v) is 2.76. The van der Waals surface area contributed by atoms with Crippen LogP contribution in [-0.2, 0) is 13.1 Å². The van der Waals surface area contributed by atoms with E-state index in [1.54, 1.807) is 12.3 Å². The summed E-state index contributed by atoms with van der Waals surface area (Å²) in [6.07, 6.45) is 3.65. The Kier molecular flexibility index (Phi) is 4.78. The van der Waals surface area contributed by atoms with E-state index in [4.69, 9.17) is 27.6 Å². The number of benzene rings is 1. The number of pyridine rings is 1. The number of quaternary nitrogens is 1. The molecule has 0 unspecified atom stereocenters. The Morgan fingerprint density at radius 1 is 1.00 bits per heavy atom. The highest BCUT2D eigenvalue weighted by Crippen LogP contribution is 2.28. The van der Waals surface area contributed by atoms with Crippen LogP contribution in [0.4, 0.5) is 0 Å². The molecule has 0 aliphatic heterocycles. The van der Waals surface area contributed by atoms with Gasteiger partial charge in [0.1, 0.15) is 18.8 Å². The number of furan rings is 1. The Bertz CT molecular complexity index is 736. The standard InChI is InChI=1S/C17H14Cl2N2O/c18-14-6-13(7-15(19)8-14)17-4-3-16(22-17)11-21-10-12-2-1-5-20-9-12/h1-9,21H,10-11H2/p+1. The molecule has 2 heterocycles. The van der Waals surface area contributed by atoms with E-state index in [0.29, 0.717) is 10.0 Å². The lowest BCUT2D eigenvalue weighted by atomic mass is 10.2. The second-order valence-corrected chi connectivity index (χ2v) is 5.86. The van der Waals surface area contributed by atoms with Gasteiger partial charge in [0.15, 0.2) is 5.76 Å². The van der Waals surface area contributed by atoms with Gasteiger partial charge in [0.25, 0.3) is 0 Å². The number of hydrogen-bond acceptors (Lipinski definition) is 2. The van der Waals surface area contributed by atoms with E-state index in [1.165, 1.54) is 5.56 Å². The predicted octanol–water partition coefficient (Wildman–Crippen LogP) is 3.91. The van der Waals surface area contributed by atoms with Gasteiger partial charge in [-0.25, -0.2) is 0 Å². The summed E-state index contributed by atoms with van der Waals surface area (Å²) in [7, 11) is 0. The molecule has 3 rings (SSSR count). The van der Waals surface area contributed by atoms with Crippen LogP contribution in [0.15, 0.2) is 59.3 Å². The molecule has 0 amide bonds. The van der Waals surface area contributed by atoms with Gasteiger partial charge in [0.05, 0.1) is 0 Å². The molecule has 3 aromatic rings. The van der Waals surface area contributed by atoms with Gasteiger partial charge < -0.3 is 9.73 Å². The van der Waals surface area contributed by atoms with Crippen LogP contribution in [0.1, 0.15) is 11.3 Å². The first kappa shape index (κ1) is 15.1. The summed E-state index contributed by atoms with van der Waals surface area (Å²) in [6.45, 7) is 1.63. The van der Waals surface area contributed by atoms with Gasteiger partial charge >= 0.3 is 0 Å². The van der Waals surface area contributed by atoms with Gasteiger partial charge in [-0.05, 0) is 36.4 Å². The molecule has 1 aromatic carbocycles. The highest BCUT2D eigenvalue weighted by Gasteiger charge is 2.08. The van der Waals surface area contributed by atoms with Crippen molar-refractivity contribution in [2.45, 2.75) is 13.1 Å². The van der Waals surface area contributed by atoms with Crippen LogP contribution < -0.4 is 5.32 Å². The van der Waals surface area contributed by atoms with Crippen LogP contribution in [0.5, 0.6) is 0 Å². The van der Waals surface area contributed by atoms with E-state index in [0.717, 1.165) is 30.2 Å². The molecule has 2 aromatic heterocycles. The summed E-state index contributed by atoms with van der Waals surface area (Å²) in [5, 5.41) is 3.37. The molecule has 5 heteroatoms. The SMILES string of the molecule is Clc1cc(Cl)cc(-c2ccc(C[NH2+]Cc3cccnc3)o2)c1. The number of halogens is 2. The van der Waals surface area contributed by atoms with Gasteiger partial charge in [-0.3, -0.25) is 4.98 Å². The Morgan fingerprint density at radius 3 is 2.55 bits per heavy atom. The monoisotopic (exact) mass is 333 g/mol. The first-order valence-corrected chi connectivity index (χ1v) is 7.72.